The Bertz CT molecular complexity index is 252. The fourth-order valence-electron chi connectivity index (χ4n) is 1.82. The zero-order chi connectivity index (χ0) is 14.3. The molecule has 0 aliphatic rings. The van der Waals surface area contributed by atoms with Crippen molar-refractivity contribution in [3.8, 4) is 0 Å². The zero-order valence-corrected chi connectivity index (χ0v) is 11.1. The van der Waals surface area contributed by atoms with E-state index in [0.29, 0.717) is 19.0 Å². The van der Waals surface area contributed by atoms with Crippen molar-refractivity contribution in [2.24, 2.45) is 11.8 Å². The summed E-state index contributed by atoms with van der Waals surface area (Å²) in [6, 6.07) is 0. The third-order valence-corrected chi connectivity index (χ3v) is 3.25. The second kappa shape index (κ2) is 7.61. The molecule has 1 N–H and O–H groups in total. The maximum Gasteiger partial charge on any atom is 0.403 e. The van der Waals surface area contributed by atoms with Gasteiger partial charge in [-0.05, 0) is 12.5 Å². The van der Waals surface area contributed by atoms with E-state index in [2.05, 4.69) is 0 Å². The molecule has 0 rings (SSSR count). The molecule has 18 heavy (non-hydrogen) atoms. The molecule has 1 atom stereocenters. The van der Waals surface area contributed by atoms with Gasteiger partial charge in [0.25, 0.3) is 0 Å². The van der Waals surface area contributed by atoms with Gasteiger partial charge in [0.15, 0.2) is 5.92 Å². The third-order valence-electron chi connectivity index (χ3n) is 3.25. The van der Waals surface area contributed by atoms with E-state index in [-0.39, 0.29) is 0 Å². The van der Waals surface area contributed by atoms with Gasteiger partial charge in [0.2, 0.25) is 0 Å². The van der Waals surface area contributed by atoms with Gasteiger partial charge < -0.3 is 10.0 Å². The van der Waals surface area contributed by atoms with Crippen molar-refractivity contribution in [3.63, 3.8) is 0 Å². The molecule has 0 aromatic heterocycles. The summed E-state index contributed by atoms with van der Waals surface area (Å²) in [7, 11) is 0. The number of rotatable bonds is 8. The fourth-order valence-corrected chi connectivity index (χ4v) is 1.82. The SMILES string of the molecule is CCC(CC)CN(CC)CC(C(=O)O)C(F)(F)F. The van der Waals surface area contributed by atoms with Gasteiger partial charge in [-0.15, -0.1) is 0 Å². The van der Waals surface area contributed by atoms with E-state index in [4.69, 9.17) is 5.11 Å². The number of carbonyl (C=O) groups is 1. The van der Waals surface area contributed by atoms with Crippen molar-refractivity contribution in [2.45, 2.75) is 39.8 Å². The predicted octanol–water partition coefficient (Wildman–Crippen LogP) is 3.01. The van der Waals surface area contributed by atoms with Crippen LogP contribution in [0.25, 0.3) is 0 Å². The normalized spacial score (nSPS) is 14.2. The van der Waals surface area contributed by atoms with E-state index in [0.717, 1.165) is 12.8 Å². The van der Waals surface area contributed by atoms with Crippen molar-refractivity contribution in [1.82, 2.24) is 4.90 Å². The van der Waals surface area contributed by atoms with Crippen molar-refractivity contribution in [3.05, 3.63) is 0 Å². The number of carboxylic acid groups (broad SMARTS) is 1. The Kier molecular flexibility index (Phi) is 7.28. The van der Waals surface area contributed by atoms with E-state index in [9.17, 15) is 18.0 Å². The summed E-state index contributed by atoms with van der Waals surface area (Å²) in [4.78, 5) is 12.2. The van der Waals surface area contributed by atoms with Gasteiger partial charge in [0, 0.05) is 13.1 Å². The summed E-state index contributed by atoms with van der Waals surface area (Å²) >= 11 is 0. The van der Waals surface area contributed by atoms with Crippen molar-refractivity contribution >= 4 is 5.97 Å². The molecule has 0 amide bonds. The number of halogens is 3. The predicted molar refractivity (Wildman–Crippen MR) is 63.4 cm³/mol. The van der Waals surface area contributed by atoms with Crippen LogP contribution in [0.15, 0.2) is 0 Å². The zero-order valence-electron chi connectivity index (χ0n) is 11.1. The Morgan fingerprint density at radius 1 is 1.17 bits per heavy atom. The maximum absolute atomic E-state index is 12.6. The lowest BCUT2D eigenvalue weighted by Crippen LogP contribution is -2.42. The lowest BCUT2D eigenvalue weighted by molar-refractivity contribution is -0.196. The van der Waals surface area contributed by atoms with Crippen molar-refractivity contribution < 1.29 is 23.1 Å². The standard InChI is InChI=1S/C12H22F3NO2/c1-4-9(5-2)7-16(6-3)8-10(11(17)18)12(13,14)15/h9-10H,4-8H2,1-3H3,(H,17,18). The molecule has 0 saturated heterocycles. The first-order chi connectivity index (χ1) is 8.26. The van der Waals surface area contributed by atoms with Crippen LogP contribution in [0.5, 0.6) is 0 Å². The Morgan fingerprint density at radius 3 is 1.94 bits per heavy atom. The smallest absolute Gasteiger partial charge is 0.403 e. The van der Waals surface area contributed by atoms with Crippen molar-refractivity contribution in [2.75, 3.05) is 19.6 Å². The van der Waals surface area contributed by atoms with Gasteiger partial charge >= 0.3 is 12.1 Å². The number of nitrogens with zero attached hydrogens (tertiary/aromatic N) is 1. The molecule has 0 bridgehead atoms. The monoisotopic (exact) mass is 269 g/mol. The highest BCUT2D eigenvalue weighted by Crippen LogP contribution is 2.27. The van der Waals surface area contributed by atoms with Crippen LogP contribution in [0.4, 0.5) is 13.2 Å². The van der Waals surface area contributed by atoms with Crippen LogP contribution in [0.3, 0.4) is 0 Å². The Labute approximate surface area is 106 Å². The number of hydrogen-bond donors (Lipinski definition) is 1. The van der Waals surface area contributed by atoms with Gasteiger partial charge in [-0.2, -0.15) is 13.2 Å². The Balaban J connectivity index is 4.62. The number of carboxylic acids is 1. The topological polar surface area (TPSA) is 40.5 Å². The molecule has 0 fully saturated rings. The highest BCUT2D eigenvalue weighted by Gasteiger charge is 2.45. The molecule has 3 nitrogen and oxygen atoms in total. The lowest BCUT2D eigenvalue weighted by atomic mass is 10.0. The highest BCUT2D eigenvalue weighted by molar-refractivity contribution is 5.71. The number of aliphatic carboxylic acids is 1. The quantitative estimate of drug-likeness (QED) is 0.736. The lowest BCUT2D eigenvalue weighted by Gasteiger charge is -2.28. The van der Waals surface area contributed by atoms with Crippen LogP contribution >= 0.6 is 0 Å². The molecule has 0 heterocycles. The number of hydrogen-bond acceptors (Lipinski definition) is 2. The molecular formula is C12H22F3NO2. The highest BCUT2D eigenvalue weighted by atomic mass is 19.4. The van der Waals surface area contributed by atoms with E-state index in [1.807, 2.05) is 13.8 Å². The minimum atomic E-state index is -4.69. The van der Waals surface area contributed by atoms with Gasteiger partial charge in [0.05, 0.1) is 0 Å². The molecule has 0 aliphatic heterocycles. The average Bonchev–Trinajstić information content (AvgIpc) is 2.27. The summed E-state index contributed by atoms with van der Waals surface area (Å²) in [5.41, 5.74) is 0. The first-order valence-corrected chi connectivity index (χ1v) is 6.28. The summed E-state index contributed by atoms with van der Waals surface area (Å²) in [5, 5.41) is 8.66. The van der Waals surface area contributed by atoms with E-state index in [1.165, 1.54) is 0 Å². The van der Waals surface area contributed by atoms with Gasteiger partial charge in [-0.1, -0.05) is 33.6 Å². The summed E-state index contributed by atoms with van der Waals surface area (Å²) in [6.07, 6.45) is -2.92. The van der Waals surface area contributed by atoms with E-state index < -0.39 is 24.6 Å². The molecule has 0 saturated carbocycles. The molecule has 6 heteroatoms. The second-order valence-electron chi connectivity index (χ2n) is 4.47. The maximum atomic E-state index is 12.6. The summed E-state index contributed by atoms with van der Waals surface area (Å²) in [5.74, 6) is -3.79. The first kappa shape index (κ1) is 17.2. The van der Waals surface area contributed by atoms with Gasteiger partial charge in [0.1, 0.15) is 0 Å². The molecule has 0 aromatic rings. The van der Waals surface area contributed by atoms with Gasteiger partial charge in [-0.25, -0.2) is 0 Å². The average molecular weight is 269 g/mol. The molecule has 0 spiro atoms. The first-order valence-electron chi connectivity index (χ1n) is 6.28. The molecule has 0 aromatic carbocycles. The van der Waals surface area contributed by atoms with E-state index in [1.54, 1.807) is 11.8 Å². The number of alkyl halides is 3. The van der Waals surface area contributed by atoms with Crippen molar-refractivity contribution in [1.29, 1.82) is 0 Å². The van der Waals surface area contributed by atoms with Crippen LogP contribution < -0.4 is 0 Å². The molecule has 1 unspecified atom stereocenters. The minimum Gasteiger partial charge on any atom is -0.481 e. The van der Waals surface area contributed by atoms with Crippen LogP contribution in [0, 0.1) is 11.8 Å². The Morgan fingerprint density at radius 2 is 1.67 bits per heavy atom. The molecule has 108 valence electrons. The molecule has 0 radical (unpaired) electrons. The summed E-state index contributed by atoms with van der Waals surface area (Å²) < 4.78 is 37.7. The van der Waals surface area contributed by atoms with Crippen LogP contribution in [0.1, 0.15) is 33.6 Å². The van der Waals surface area contributed by atoms with Gasteiger partial charge in [-0.3, -0.25) is 4.79 Å². The third kappa shape index (κ3) is 5.71. The largest absolute Gasteiger partial charge is 0.481 e. The van der Waals surface area contributed by atoms with Crippen LogP contribution in [-0.4, -0.2) is 41.8 Å². The second-order valence-corrected chi connectivity index (χ2v) is 4.47. The molecule has 0 aliphatic carbocycles. The van der Waals surface area contributed by atoms with Crippen LogP contribution in [-0.2, 0) is 4.79 Å². The fraction of sp³-hybridized carbons (Fsp3) is 0.917. The molecular weight excluding hydrogens is 247 g/mol. The minimum absolute atomic E-state index is 0.313. The Hall–Kier alpha value is -0.780. The van der Waals surface area contributed by atoms with Crippen LogP contribution in [0.2, 0.25) is 0 Å². The summed E-state index contributed by atoms with van der Waals surface area (Å²) in [6.45, 7) is 6.20. The van der Waals surface area contributed by atoms with E-state index >= 15 is 0 Å².